The number of fused-ring (bicyclic) bond motifs is 1. The number of hydrogen-bond acceptors (Lipinski definition) is 3. The van der Waals surface area contributed by atoms with Crippen molar-refractivity contribution in [3.05, 3.63) is 27.9 Å². The van der Waals surface area contributed by atoms with Gasteiger partial charge in [-0.2, -0.15) is 0 Å². The van der Waals surface area contributed by atoms with Crippen molar-refractivity contribution in [2.75, 3.05) is 0 Å². The van der Waals surface area contributed by atoms with Crippen molar-refractivity contribution in [1.82, 2.24) is 9.55 Å². The van der Waals surface area contributed by atoms with E-state index in [0.29, 0.717) is 5.69 Å². The second-order valence-electron chi connectivity index (χ2n) is 4.18. The number of carbonyl (C=O) groups is 1. The minimum Gasteiger partial charge on any atom is -0.481 e. The number of hydrogen-bond donors (Lipinski definition) is 1. The van der Waals surface area contributed by atoms with E-state index in [9.17, 15) is 9.59 Å². The molecule has 1 aliphatic heterocycles. The zero-order chi connectivity index (χ0) is 11.7. The molecule has 0 saturated carbocycles. The molecule has 5 nitrogen and oxygen atoms in total. The molecular formula is C11H14N2O3. The summed E-state index contributed by atoms with van der Waals surface area (Å²) < 4.78 is 1.68. The Morgan fingerprint density at radius 2 is 2.44 bits per heavy atom. The van der Waals surface area contributed by atoms with E-state index in [1.54, 1.807) is 4.57 Å². The quantitative estimate of drug-likeness (QED) is 0.802. The molecule has 16 heavy (non-hydrogen) atoms. The Bertz CT molecular complexity index is 479. The van der Waals surface area contributed by atoms with E-state index in [1.165, 1.54) is 6.07 Å². The molecule has 1 N–H and O–H groups in total. The average Bonchev–Trinajstić information content (AvgIpc) is 2.15. The Morgan fingerprint density at radius 3 is 3.12 bits per heavy atom. The van der Waals surface area contributed by atoms with Gasteiger partial charge in [-0.05, 0) is 19.8 Å². The van der Waals surface area contributed by atoms with Crippen molar-refractivity contribution < 1.29 is 9.90 Å². The summed E-state index contributed by atoms with van der Waals surface area (Å²) in [6.07, 6.45) is 2.56. The summed E-state index contributed by atoms with van der Waals surface area (Å²) in [5.74, 6) is -0.233. The first kappa shape index (κ1) is 10.9. The zero-order valence-corrected chi connectivity index (χ0v) is 9.14. The molecule has 0 aromatic carbocycles. The molecule has 0 bridgehead atoms. The molecule has 0 saturated heterocycles. The molecule has 0 fully saturated rings. The fourth-order valence-corrected chi connectivity index (χ4v) is 2.17. The number of nitrogens with zero attached hydrogens (tertiary/aromatic N) is 2. The van der Waals surface area contributed by atoms with E-state index >= 15 is 0 Å². The maximum atomic E-state index is 11.8. The van der Waals surface area contributed by atoms with Gasteiger partial charge in [0.05, 0.1) is 12.1 Å². The van der Waals surface area contributed by atoms with Gasteiger partial charge >= 0.3 is 5.97 Å². The summed E-state index contributed by atoms with van der Waals surface area (Å²) in [4.78, 5) is 26.6. The van der Waals surface area contributed by atoms with Crippen LogP contribution in [-0.4, -0.2) is 20.6 Å². The standard InChI is InChI=1S/C11H14N2O3/c1-7-3-2-4-9-12-8(6-11(15)16)5-10(14)13(7)9/h5,7H,2-4,6H2,1H3,(H,15,16). The van der Waals surface area contributed by atoms with Crippen molar-refractivity contribution in [2.24, 2.45) is 0 Å². The summed E-state index contributed by atoms with van der Waals surface area (Å²) in [7, 11) is 0. The number of aryl methyl sites for hydroxylation is 1. The Morgan fingerprint density at radius 1 is 1.69 bits per heavy atom. The molecule has 1 aliphatic rings. The van der Waals surface area contributed by atoms with Crippen LogP contribution in [0, 0.1) is 0 Å². The van der Waals surface area contributed by atoms with Crippen LogP contribution in [0.1, 0.15) is 37.3 Å². The van der Waals surface area contributed by atoms with Gasteiger partial charge in [0.2, 0.25) is 0 Å². The van der Waals surface area contributed by atoms with Crippen LogP contribution in [0.2, 0.25) is 0 Å². The highest BCUT2D eigenvalue weighted by Gasteiger charge is 2.19. The molecule has 86 valence electrons. The van der Waals surface area contributed by atoms with Crippen LogP contribution in [0.15, 0.2) is 10.9 Å². The number of aromatic nitrogens is 2. The van der Waals surface area contributed by atoms with Gasteiger partial charge in [-0.1, -0.05) is 0 Å². The first-order chi connectivity index (χ1) is 7.58. The van der Waals surface area contributed by atoms with Crippen molar-refractivity contribution in [3.8, 4) is 0 Å². The van der Waals surface area contributed by atoms with Gasteiger partial charge in [0.15, 0.2) is 0 Å². The monoisotopic (exact) mass is 222 g/mol. The summed E-state index contributed by atoms with van der Waals surface area (Å²) in [6.45, 7) is 1.99. The second-order valence-corrected chi connectivity index (χ2v) is 4.18. The fourth-order valence-electron chi connectivity index (χ4n) is 2.17. The predicted octanol–water partition coefficient (Wildman–Crippen LogP) is 0.768. The number of carboxylic acid groups (broad SMARTS) is 1. The summed E-state index contributed by atoms with van der Waals surface area (Å²) in [5, 5.41) is 8.67. The highest BCUT2D eigenvalue weighted by Crippen LogP contribution is 2.20. The highest BCUT2D eigenvalue weighted by atomic mass is 16.4. The van der Waals surface area contributed by atoms with Crippen molar-refractivity contribution >= 4 is 5.97 Å². The van der Waals surface area contributed by atoms with E-state index in [1.807, 2.05) is 6.92 Å². The van der Waals surface area contributed by atoms with Crippen molar-refractivity contribution in [3.63, 3.8) is 0 Å². The van der Waals surface area contributed by atoms with Gasteiger partial charge in [-0.3, -0.25) is 14.2 Å². The van der Waals surface area contributed by atoms with Crippen LogP contribution >= 0.6 is 0 Å². The molecule has 5 heteroatoms. The van der Waals surface area contributed by atoms with Crippen molar-refractivity contribution in [2.45, 2.75) is 38.6 Å². The molecule has 1 unspecified atom stereocenters. The summed E-state index contributed by atoms with van der Waals surface area (Å²) >= 11 is 0. The SMILES string of the molecule is CC1CCCc2nc(CC(=O)O)cc(=O)n21. The van der Waals surface area contributed by atoms with Crippen LogP contribution < -0.4 is 5.56 Å². The van der Waals surface area contributed by atoms with E-state index < -0.39 is 5.97 Å². The molecule has 0 spiro atoms. The van der Waals surface area contributed by atoms with E-state index in [4.69, 9.17) is 5.11 Å². The van der Waals surface area contributed by atoms with Crippen LogP contribution in [-0.2, 0) is 17.6 Å². The van der Waals surface area contributed by atoms with Gasteiger partial charge in [0.1, 0.15) is 5.82 Å². The molecule has 0 amide bonds. The third kappa shape index (κ3) is 1.98. The number of rotatable bonds is 2. The molecule has 2 heterocycles. The normalized spacial score (nSPS) is 19.2. The third-order valence-corrected chi connectivity index (χ3v) is 2.87. The van der Waals surface area contributed by atoms with Crippen LogP contribution in [0.25, 0.3) is 0 Å². The minimum atomic E-state index is -0.958. The Balaban J connectivity index is 2.45. The molecule has 1 aromatic heterocycles. The van der Waals surface area contributed by atoms with Gasteiger partial charge in [-0.25, -0.2) is 4.98 Å². The predicted molar refractivity (Wildman–Crippen MR) is 57.5 cm³/mol. The lowest BCUT2D eigenvalue weighted by Gasteiger charge is -2.24. The minimum absolute atomic E-state index is 0.131. The number of aliphatic carboxylic acids is 1. The molecule has 0 aliphatic carbocycles. The maximum Gasteiger partial charge on any atom is 0.309 e. The lowest BCUT2D eigenvalue weighted by atomic mass is 10.1. The van der Waals surface area contributed by atoms with E-state index in [0.717, 1.165) is 25.1 Å². The topological polar surface area (TPSA) is 72.2 Å². The van der Waals surface area contributed by atoms with E-state index in [-0.39, 0.29) is 18.0 Å². The molecule has 1 aromatic rings. The largest absolute Gasteiger partial charge is 0.481 e. The third-order valence-electron chi connectivity index (χ3n) is 2.87. The van der Waals surface area contributed by atoms with Gasteiger partial charge in [0.25, 0.3) is 5.56 Å². The summed E-state index contributed by atoms with van der Waals surface area (Å²) in [5.41, 5.74) is 0.228. The lowest BCUT2D eigenvalue weighted by Crippen LogP contribution is -2.31. The summed E-state index contributed by atoms with van der Waals surface area (Å²) in [6, 6.07) is 1.50. The zero-order valence-electron chi connectivity index (χ0n) is 9.14. The van der Waals surface area contributed by atoms with Crippen LogP contribution in [0.3, 0.4) is 0 Å². The van der Waals surface area contributed by atoms with Gasteiger partial charge in [-0.15, -0.1) is 0 Å². The van der Waals surface area contributed by atoms with Gasteiger partial charge in [0, 0.05) is 18.5 Å². The second kappa shape index (κ2) is 4.08. The van der Waals surface area contributed by atoms with E-state index in [2.05, 4.69) is 4.98 Å². The van der Waals surface area contributed by atoms with Gasteiger partial charge < -0.3 is 5.11 Å². The van der Waals surface area contributed by atoms with Crippen LogP contribution in [0.5, 0.6) is 0 Å². The smallest absolute Gasteiger partial charge is 0.309 e. The maximum absolute atomic E-state index is 11.8. The Hall–Kier alpha value is -1.65. The average molecular weight is 222 g/mol. The van der Waals surface area contributed by atoms with Crippen LogP contribution in [0.4, 0.5) is 0 Å². The first-order valence-corrected chi connectivity index (χ1v) is 5.41. The Kier molecular flexibility index (Phi) is 2.77. The molecule has 1 atom stereocenters. The lowest BCUT2D eigenvalue weighted by molar-refractivity contribution is -0.136. The molecular weight excluding hydrogens is 208 g/mol. The first-order valence-electron chi connectivity index (χ1n) is 5.41. The fraction of sp³-hybridized carbons (Fsp3) is 0.545. The highest BCUT2D eigenvalue weighted by molar-refractivity contribution is 5.69. The van der Waals surface area contributed by atoms with Crippen molar-refractivity contribution in [1.29, 1.82) is 0 Å². The Labute approximate surface area is 92.7 Å². The number of carboxylic acids is 1. The molecule has 2 rings (SSSR count). The molecule has 0 radical (unpaired) electrons.